The third-order valence-electron chi connectivity index (χ3n) is 4.60. The lowest BCUT2D eigenvalue weighted by molar-refractivity contribution is -0.120. The van der Waals surface area contributed by atoms with Gasteiger partial charge in [-0.2, -0.15) is 0 Å². The zero-order valence-electron chi connectivity index (χ0n) is 14.6. The first-order valence-corrected chi connectivity index (χ1v) is 8.42. The van der Waals surface area contributed by atoms with E-state index < -0.39 is 0 Å². The molecule has 1 heterocycles. The number of benzene rings is 2. The Morgan fingerprint density at radius 3 is 2.58 bits per heavy atom. The van der Waals surface area contributed by atoms with Crippen molar-refractivity contribution in [3.63, 3.8) is 0 Å². The van der Waals surface area contributed by atoms with E-state index in [2.05, 4.69) is 64.5 Å². The molecule has 0 bridgehead atoms. The molecule has 1 amide bonds. The van der Waals surface area contributed by atoms with Crippen LogP contribution in [0.5, 0.6) is 0 Å². The van der Waals surface area contributed by atoms with Crippen molar-refractivity contribution in [3.05, 3.63) is 59.7 Å². The van der Waals surface area contributed by atoms with Gasteiger partial charge in [0.25, 0.3) is 0 Å². The number of nitrogens with one attached hydrogen (secondary N) is 1. The van der Waals surface area contributed by atoms with Gasteiger partial charge in [-0.3, -0.25) is 4.79 Å². The number of carbonyl (C=O) groups is 1. The number of hydrogen-bond donors (Lipinski definition) is 1. The number of anilines is 2. The van der Waals surface area contributed by atoms with Crippen LogP contribution in [0.1, 0.15) is 18.1 Å². The summed E-state index contributed by atoms with van der Waals surface area (Å²) in [6, 6.07) is 17.0. The molecule has 1 aliphatic rings. The van der Waals surface area contributed by atoms with E-state index in [9.17, 15) is 4.79 Å². The molecule has 0 radical (unpaired) electrons. The molecule has 2 aromatic rings. The molecular formula is C20H25N3O. The fourth-order valence-electron chi connectivity index (χ4n) is 3.19. The zero-order valence-corrected chi connectivity index (χ0v) is 14.6. The molecular weight excluding hydrogens is 298 g/mol. The van der Waals surface area contributed by atoms with Crippen LogP contribution in [0.3, 0.4) is 0 Å². The molecule has 4 nitrogen and oxygen atoms in total. The van der Waals surface area contributed by atoms with E-state index >= 15 is 0 Å². The predicted molar refractivity (Wildman–Crippen MR) is 99.6 cm³/mol. The Labute approximate surface area is 144 Å². The minimum Gasteiger partial charge on any atom is -0.378 e. The van der Waals surface area contributed by atoms with Crippen LogP contribution in [0.15, 0.2) is 48.5 Å². The maximum atomic E-state index is 12.3. The van der Waals surface area contributed by atoms with Crippen molar-refractivity contribution in [2.45, 2.75) is 25.9 Å². The van der Waals surface area contributed by atoms with E-state index in [0.29, 0.717) is 19.1 Å². The number of fused-ring (bicyclic) bond motifs is 1. The summed E-state index contributed by atoms with van der Waals surface area (Å²) in [5, 5.41) is 3.03. The van der Waals surface area contributed by atoms with Crippen molar-refractivity contribution in [3.8, 4) is 0 Å². The SMILES string of the molecule is C[C@H]1Cc2ccccc2N1CC(=O)NCc1ccc(N(C)C)cc1. The third-order valence-corrected chi connectivity index (χ3v) is 4.60. The predicted octanol–water partition coefficient (Wildman–Crippen LogP) is 2.82. The molecule has 126 valence electrons. The smallest absolute Gasteiger partial charge is 0.239 e. The van der Waals surface area contributed by atoms with Crippen LogP contribution in [0.2, 0.25) is 0 Å². The summed E-state index contributed by atoms with van der Waals surface area (Å²) in [6.45, 7) is 3.15. The van der Waals surface area contributed by atoms with Crippen LogP contribution in [0.4, 0.5) is 11.4 Å². The Bertz CT molecular complexity index is 709. The fourth-order valence-corrected chi connectivity index (χ4v) is 3.19. The van der Waals surface area contributed by atoms with Gasteiger partial charge in [0.05, 0.1) is 6.54 Å². The topological polar surface area (TPSA) is 35.6 Å². The standard InChI is InChI=1S/C20H25N3O/c1-15-12-17-6-4-5-7-19(17)23(15)14-20(24)21-13-16-8-10-18(11-9-16)22(2)3/h4-11,15H,12-14H2,1-3H3,(H,21,24)/t15-/m0/s1. The number of carbonyl (C=O) groups excluding carboxylic acids is 1. The minimum absolute atomic E-state index is 0.0650. The van der Waals surface area contributed by atoms with Gasteiger partial charge in [0, 0.05) is 38.1 Å². The van der Waals surface area contributed by atoms with Crippen LogP contribution in [0.25, 0.3) is 0 Å². The van der Waals surface area contributed by atoms with E-state index in [4.69, 9.17) is 0 Å². The van der Waals surface area contributed by atoms with Gasteiger partial charge in [-0.15, -0.1) is 0 Å². The first kappa shape index (κ1) is 16.4. The Kier molecular flexibility index (Phi) is 4.74. The Balaban J connectivity index is 1.56. The number of nitrogens with zero attached hydrogens (tertiary/aromatic N) is 2. The molecule has 0 saturated carbocycles. The molecule has 4 heteroatoms. The van der Waals surface area contributed by atoms with Gasteiger partial charge >= 0.3 is 0 Å². The molecule has 1 N–H and O–H groups in total. The average Bonchev–Trinajstić information content (AvgIpc) is 2.89. The highest BCUT2D eigenvalue weighted by atomic mass is 16.2. The van der Waals surface area contributed by atoms with Crippen molar-refractivity contribution < 1.29 is 4.79 Å². The maximum Gasteiger partial charge on any atom is 0.239 e. The van der Waals surface area contributed by atoms with Crippen LogP contribution in [-0.4, -0.2) is 32.6 Å². The monoisotopic (exact) mass is 323 g/mol. The lowest BCUT2D eigenvalue weighted by Crippen LogP contribution is -2.39. The summed E-state index contributed by atoms with van der Waals surface area (Å²) in [7, 11) is 4.04. The second-order valence-electron chi connectivity index (χ2n) is 6.65. The van der Waals surface area contributed by atoms with Gasteiger partial charge in [-0.25, -0.2) is 0 Å². The molecule has 2 aromatic carbocycles. The van der Waals surface area contributed by atoms with Crippen LogP contribution >= 0.6 is 0 Å². The largest absolute Gasteiger partial charge is 0.378 e. The first-order valence-electron chi connectivity index (χ1n) is 8.42. The summed E-state index contributed by atoms with van der Waals surface area (Å²) in [5.74, 6) is 0.0650. The number of rotatable bonds is 5. The quantitative estimate of drug-likeness (QED) is 0.919. The van der Waals surface area contributed by atoms with Gasteiger partial charge < -0.3 is 15.1 Å². The molecule has 24 heavy (non-hydrogen) atoms. The molecule has 0 unspecified atom stereocenters. The first-order chi connectivity index (χ1) is 11.5. The summed E-state index contributed by atoms with van der Waals surface area (Å²) in [6.07, 6.45) is 1.01. The van der Waals surface area contributed by atoms with E-state index in [1.165, 1.54) is 11.3 Å². The molecule has 1 atom stereocenters. The van der Waals surface area contributed by atoms with Crippen LogP contribution in [-0.2, 0) is 17.8 Å². The third kappa shape index (κ3) is 3.53. The Hall–Kier alpha value is -2.49. The van der Waals surface area contributed by atoms with E-state index in [0.717, 1.165) is 17.7 Å². The molecule has 0 saturated heterocycles. The number of amides is 1. The molecule has 0 aromatic heterocycles. The summed E-state index contributed by atoms with van der Waals surface area (Å²) in [5.41, 5.74) is 4.80. The number of hydrogen-bond acceptors (Lipinski definition) is 3. The lowest BCUT2D eigenvalue weighted by atomic mass is 10.1. The Morgan fingerprint density at radius 1 is 1.17 bits per heavy atom. The summed E-state index contributed by atoms with van der Waals surface area (Å²) >= 11 is 0. The van der Waals surface area contributed by atoms with E-state index in [1.54, 1.807) is 0 Å². The van der Waals surface area contributed by atoms with Crippen LogP contribution in [0, 0.1) is 0 Å². The van der Waals surface area contributed by atoms with Gasteiger partial charge in [0.1, 0.15) is 0 Å². The highest BCUT2D eigenvalue weighted by molar-refractivity contribution is 5.82. The molecule has 1 aliphatic heterocycles. The highest BCUT2D eigenvalue weighted by Gasteiger charge is 2.26. The second kappa shape index (κ2) is 6.95. The van der Waals surface area contributed by atoms with E-state index in [1.807, 2.05) is 20.2 Å². The average molecular weight is 323 g/mol. The van der Waals surface area contributed by atoms with Gasteiger partial charge in [-0.05, 0) is 42.7 Å². The second-order valence-corrected chi connectivity index (χ2v) is 6.65. The van der Waals surface area contributed by atoms with Crippen molar-refractivity contribution in [1.29, 1.82) is 0 Å². The maximum absolute atomic E-state index is 12.3. The van der Waals surface area contributed by atoms with Gasteiger partial charge in [0.15, 0.2) is 0 Å². The summed E-state index contributed by atoms with van der Waals surface area (Å²) in [4.78, 5) is 16.6. The molecule has 0 aliphatic carbocycles. The van der Waals surface area contributed by atoms with Gasteiger partial charge in [-0.1, -0.05) is 30.3 Å². The van der Waals surface area contributed by atoms with Crippen molar-refractivity contribution in [2.75, 3.05) is 30.4 Å². The zero-order chi connectivity index (χ0) is 17.1. The number of para-hydroxylation sites is 1. The van der Waals surface area contributed by atoms with E-state index in [-0.39, 0.29) is 5.91 Å². The summed E-state index contributed by atoms with van der Waals surface area (Å²) < 4.78 is 0. The normalized spacial score (nSPS) is 16.0. The minimum atomic E-state index is 0.0650. The van der Waals surface area contributed by atoms with Crippen LogP contribution < -0.4 is 15.1 Å². The lowest BCUT2D eigenvalue weighted by Gasteiger charge is -2.24. The fraction of sp³-hybridized carbons (Fsp3) is 0.350. The molecule has 0 fully saturated rings. The van der Waals surface area contributed by atoms with Crippen molar-refractivity contribution >= 4 is 17.3 Å². The van der Waals surface area contributed by atoms with Crippen molar-refractivity contribution in [2.24, 2.45) is 0 Å². The highest BCUT2D eigenvalue weighted by Crippen LogP contribution is 2.31. The van der Waals surface area contributed by atoms with Gasteiger partial charge in [0.2, 0.25) is 5.91 Å². The van der Waals surface area contributed by atoms with Crippen molar-refractivity contribution in [1.82, 2.24) is 5.32 Å². The molecule has 0 spiro atoms. The molecule has 3 rings (SSSR count). The Morgan fingerprint density at radius 2 is 1.88 bits per heavy atom.